The number of rotatable bonds is 2. The highest BCUT2D eigenvalue weighted by atomic mass is 16.5. The number of amidine groups is 1. The van der Waals surface area contributed by atoms with Crippen molar-refractivity contribution in [2.45, 2.75) is 26.3 Å². The topological polar surface area (TPSA) is 47.6 Å². The van der Waals surface area contributed by atoms with Crippen molar-refractivity contribution >= 4 is 6.02 Å². The smallest absolute Gasteiger partial charge is 0.282 e. The molecule has 3 nitrogen and oxygen atoms in total. The van der Waals surface area contributed by atoms with E-state index >= 15 is 0 Å². The quantitative estimate of drug-likeness (QED) is 0.794. The maximum Gasteiger partial charge on any atom is 0.282 e. The molecular weight excluding hydrogens is 188 g/mol. The Bertz CT molecular complexity index is 378. The van der Waals surface area contributed by atoms with E-state index in [1.807, 2.05) is 0 Å². The van der Waals surface area contributed by atoms with Gasteiger partial charge in [0, 0.05) is 0 Å². The van der Waals surface area contributed by atoms with Crippen LogP contribution < -0.4 is 5.73 Å². The number of nitrogens with zero attached hydrogens (tertiary/aromatic N) is 1. The monoisotopic (exact) mass is 204 g/mol. The summed E-state index contributed by atoms with van der Waals surface area (Å²) in [6, 6.07) is 6.85. The van der Waals surface area contributed by atoms with Crippen LogP contribution in [0.1, 0.15) is 16.7 Å². The van der Waals surface area contributed by atoms with Crippen LogP contribution >= 0.6 is 0 Å². The Morgan fingerprint density at radius 1 is 1.40 bits per heavy atom. The second-order valence-electron chi connectivity index (χ2n) is 4.01. The summed E-state index contributed by atoms with van der Waals surface area (Å²) in [5, 5.41) is 0. The van der Waals surface area contributed by atoms with Gasteiger partial charge in [-0.05, 0) is 37.0 Å². The third-order valence-corrected chi connectivity index (χ3v) is 2.82. The summed E-state index contributed by atoms with van der Waals surface area (Å²) in [6.07, 6.45) is 0.916. The van der Waals surface area contributed by atoms with Crippen molar-refractivity contribution in [1.82, 2.24) is 0 Å². The fourth-order valence-corrected chi connectivity index (χ4v) is 1.95. The summed E-state index contributed by atoms with van der Waals surface area (Å²) in [7, 11) is 0. The highest BCUT2D eigenvalue weighted by Gasteiger charge is 2.18. The molecule has 0 aromatic heterocycles. The van der Waals surface area contributed by atoms with E-state index in [0.717, 1.165) is 6.42 Å². The molecule has 0 aliphatic carbocycles. The molecule has 0 fully saturated rings. The number of hydrogen-bond donors (Lipinski definition) is 1. The molecule has 0 spiro atoms. The molecule has 0 radical (unpaired) electrons. The predicted molar refractivity (Wildman–Crippen MR) is 61.0 cm³/mol. The molecule has 80 valence electrons. The zero-order valence-corrected chi connectivity index (χ0v) is 9.16. The highest BCUT2D eigenvalue weighted by molar-refractivity contribution is 5.73. The summed E-state index contributed by atoms with van der Waals surface area (Å²) in [4.78, 5) is 4.24. The fourth-order valence-electron chi connectivity index (χ4n) is 1.95. The molecule has 1 aliphatic rings. The van der Waals surface area contributed by atoms with Crippen LogP contribution in [0.25, 0.3) is 0 Å². The first-order chi connectivity index (χ1) is 7.16. The second kappa shape index (κ2) is 3.93. The van der Waals surface area contributed by atoms with Crippen molar-refractivity contribution in [3.05, 3.63) is 34.9 Å². The fraction of sp³-hybridized carbons (Fsp3) is 0.417. The van der Waals surface area contributed by atoms with Crippen molar-refractivity contribution in [2.24, 2.45) is 10.7 Å². The lowest BCUT2D eigenvalue weighted by atomic mass is 9.97. The van der Waals surface area contributed by atoms with Crippen molar-refractivity contribution < 1.29 is 4.74 Å². The minimum absolute atomic E-state index is 0.185. The maximum absolute atomic E-state index is 5.48. The van der Waals surface area contributed by atoms with Gasteiger partial charge in [-0.2, -0.15) is 0 Å². The lowest BCUT2D eigenvalue weighted by molar-refractivity contribution is 0.312. The normalized spacial score (nSPS) is 19.9. The average Bonchev–Trinajstić information content (AvgIpc) is 2.58. The van der Waals surface area contributed by atoms with Crippen molar-refractivity contribution in [2.75, 3.05) is 6.61 Å². The molecule has 1 aliphatic heterocycles. The Morgan fingerprint density at radius 2 is 2.07 bits per heavy atom. The highest BCUT2D eigenvalue weighted by Crippen LogP contribution is 2.18. The summed E-state index contributed by atoms with van der Waals surface area (Å²) in [6.45, 7) is 4.87. The van der Waals surface area contributed by atoms with E-state index in [4.69, 9.17) is 10.5 Å². The zero-order valence-electron chi connectivity index (χ0n) is 9.16. The molecule has 0 bridgehead atoms. The van der Waals surface area contributed by atoms with E-state index in [9.17, 15) is 0 Å². The molecule has 1 aromatic carbocycles. The number of aliphatic imine (C=N–C) groups is 1. The lowest BCUT2D eigenvalue weighted by Gasteiger charge is -2.11. The van der Waals surface area contributed by atoms with Crippen LogP contribution in [-0.4, -0.2) is 18.7 Å². The van der Waals surface area contributed by atoms with Gasteiger partial charge >= 0.3 is 0 Å². The predicted octanol–water partition coefficient (Wildman–Crippen LogP) is 1.56. The lowest BCUT2D eigenvalue weighted by Crippen LogP contribution is -2.12. The van der Waals surface area contributed by atoms with Crippen LogP contribution in [0.5, 0.6) is 0 Å². The van der Waals surface area contributed by atoms with Crippen LogP contribution in [0, 0.1) is 13.8 Å². The summed E-state index contributed by atoms with van der Waals surface area (Å²) < 4.78 is 5.15. The molecule has 0 saturated carbocycles. The maximum atomic E-state index is 5.48. The second-order valence-corrected chi connectivity index (χ2v) is 4.01. The minimum Gasteiger partial charge on any atom is -0.463 e. The van der Waals surface area contributed by atoms with Crippen molar-refractivity contribution in [3.8, 4) is 0 Å². The van der Waals surface area contributed by atoms with Gasteiger partial charge in [0.05, 0.1) is 6.04 Å². The van der Waals surface area contributed by atoms with Crippen molar-refractivity contribution in [3.63, 3.8) is 0 Å². The van der Waals surface area contributed by atoms with Crippen LogP contribution in [0.3, 0.4) is 0 Å². The number of aryl methyl sites for hydroxylation is 2. The van der Waals surface area contributed by atoms with E-state index in [-0.39, 0.29) is 6.04 Å². The summed E-state index contributed by atoms with van der Waals surface area (Å²) >= 11 is 0. The number of nitrogens with two attached hydrogens (primary N) is 1. The standard InChI is InChI=1S/C12H16N2O/c1-8-4-3-5-9(2)11(8)6-10-7-15-12(13)14-10/h3-5,10H,6-7H2,1-2H3,(H2,13,14). The molecule has 3 heteroatoms. The number of hydrogen-bond acceptors (Lipinski definition) is 3. The van der Waals surface area contributed by atoms with E-state index in [0.29, 0.717) is 12.6 Å². The van der Waals surface area contributed by atoms with E-state index in [1.54, 1.807) is 0 Å². The minimum atomic E-state index is 0.185. The van der Waals surface area contributed by atoms with Crippen LogP contribution in [0.4, 0.5) is 0 Å². The Labute approximate surface area is 90.0 Å². The first kappa shape index (κ1) is 10.0. The molecule has 2 N–H and O–H groups in total. The largest absolute Gasteiger partial charge is 0.463 e. The third-order valence-electron chi connectivity index (χ3n) is 2.82. The van der Waals surface area contributed by atoms with Crippen LogP contribution in [0.2, 0.25) is 0 Å². The Morgan fingerprint density at radius 3 is 2.60 bits per heavy atom. The molecule has 1 atom stereocenters. The first-order valence-corrected chi connectivity index (χ1v) is 5.18. The third kappa shape index (κ3) is 2.12. The zero-order chi connectivity index (χ0) is 10.8. The van der Waals surface area contributed by atoms with Gasteiger partial charge in [0.2, 0.25) is 0 Å². The van der Waals surface area contributed by atoms with E-state index in [1.165, 1.54) is 16.7 Å². The molecular formula is C12H16N2O. The molecule has 1 aromatic rings. The molecule has 1 unspecified atom stereocenters. The van der Waals surface area contributed by atoms with Crippen LogP contribution in [-0.2, 0) is 11.2 Å². The van der Waals surface area contributed by atoms with E-state index < -0.39 is 0 Å². The molecule has 15 heavy (non-hydrogen) atoms. The SMILES string of the molecule is Cc1cccc(C)c1CC1COC(N)=N1. The van der Waals surface area contributed by atoms with Crippen LogP contribution in [0.15, 0.2) is 23.2 Å². The van der Waals surface area contributed by atoms with Gasteiger partial charge in [0.1, 0.15) is 6.61 Å². The number of benzene rings is 1. The summed E-state index contributed by atoms with van der Waals surface area (Å²) in [5.74, 6) is 0. The molecule has 1 heterocycles. The van der Waals surface area contributed by atoms with Gasteiger partial charge < -0.3 is 10.5 Å². The Kier molecular flexibility index (Phi) is 2.62. The summed E-state index contributed by atoms with van der Waals surface area (Å²) in [5.41, 5.74) is 9.48. The molecule has 0 saturated heterocycles. The Balaban J connectivity index is 2.17. The van der Waals surface area contributed by atoms with Gasteiger partial charge in [0.25, 0.3) is 6.02 Å². The average molecular weight is 204 g/mol. The van der Waals surface area contributed by atoms with Gasteiger partial charge in [0.15, 0.2) is 0 Å². The van der Waals surface area contributed by atoms with Crippen molar-refractivity contribution in [1.29, 1.82) is 0 Å². The van der Waals surface area contributed by atoms with Gasteiger partial charge in [-0.1, -0.05) is 18.2 Å². The number of ether oxygens (including phenoxy) is 1. The van der Waals surface area contributed by atoms with Gasteiger partial charge in [-0.3, -0.25) is 0 Å². The van der Waals surface area contributed by atoms with E-state index in [2.05, 4.69) is 37.0 Å². The first-order valence-electron chi connectivity index (χ1n) is 5.18. The molecule has 2 rings (SSSR count). The van der Waals surface area contributed by atoms with Gasteiger partial charge in [-0.25, -0.2) is 4.99 Å². The Hall–Kier alpha value is -1.51. The molecule has 0 amide bonds. The van der Waals surface area contributed by atoms with Gasteiger partial charge in [-0.15, -0.1) is 0 Å².